The molecule has 122 valence electrons. The fraction of sp³-hybridized carbons (Fsp3) is 0.444. The average Bonchev–Trinajstić information content (AvgIpc) is 3.13. The van der Waals surface area contributed by atoms with Crippen LogP contribution in [0.25, 0.3) is 0 Å². The number of hydrogen-bond acceptors (Lipinski definition) is 3. The molecule has 0 bridgehead atoms. The second-order valence-electron chi connectivity index (χ2n) is 6.41. The summed E-state index contributed by atoms with van der Waals surface area (Å²) >= 11 is 1.59. The zero-order chi connectivity index (χ0) is 16.2. The van der Waals surface area contributed by atoms with Crippen LogP contribution in [0, 0.1) is 5.92 Å². The predicted molar refractivity (Wildman–Crippen MR) is 94.9 cm³/mol. The first-order valence-electron chi connectivity index (χ1n) is 8.18. The molecule has 1 aromatic heterocycles. The molecular weight excluding hydrogens is 306 g/mol. The van der Waals surface area contributed by atoms with E-state index in [4.69, 9.17) is 0 Å². The summed E-state index contributed by atoms with van der Waals surface area (Å²) in [6.45, 7) is 5.08. The van der Waals surface area contributed by atoms with Gasteiger partial charge in [0.1, 0.15) is 5.82 Å². The SMILES string of the molecule is CC(C)Cn1nccc1NC(=O)CSc1ccc2c(c1)CCC2. The van der Waals surface area contributed by atoms with Gasteiger partial charge in [-0.05, 0) is 48.4 Å². The van der Waals surface area contributed by atoms with Gasteiger partial charge in [0.05, 0.1) is 11.9 Å². The molecule has 4 nitrogen and oxygen atoms in total. The minimum Gasteiger partial charge on any atom is -0.310 e. The smallest absolute Gasteiger partial charge is 0.235 e. The van der Waals surface area contributed by atoms with Crippen molar-refractivity contribution in [2.75, 3.05) is 11.1 Å². The van der Waals surface area contributed by atoms with Crippen LogP contribution in [0.15, 0.2) is 35.4 Å². The summed E-state index contributed by atoms with van der Waals surface area (Å²) in [5.41, 5.74) is 2.92. The third-order valence-electron chi connectivity index (χ3n) is 3.96. The third kappa shape index (κ3) is 4.16. The minimum absolute atomic E-state index is 0.0148. The van der Waals surface area contributed by atoms with Gasteiger partial charge in [-0.3, -0.25) is 4.79 Å². The summed E-state index contributed by atoms with van der Waals surface area (Å²) in [7, 11) is 0. The van der Waals surface area contributed by atoms with Gasteiger partial charge in [-0.25, -0.2) is 4.68 Å². The number of fused-ring (bicyclic) bond motifs is 1. The van der Waals surface area contributed by atoms with Crippen molar-refractivity contribution in [1.29, 1.82) is 0 Å². The number of thioether (sulfide) groups is 1. The van der Waals surface area contributed by atoms with Crippen LogP contribution < -0.4 is 5.32 Å². The lowest BCUT2D eigenvalue weighted by molar-refractivity contribution is -0.113. The summed E-state index contributed by atoms with van der Waals surface area (Å²) in [5, 5.41) is 7.22. The van der Waals surface area contributed by atoms with E-state index in [0.717, 1.165) is 12.4 Å². The standard InChI is InChI=1S/C18H23N3OS/c1-13(2)11-21-17(8-9-19-21)20-18(22)12-23-16-7-6-14-4-3-5-15(14)10-16/h6-10,13H,3-5,11-12H2,1-2H3,(H,20,22). The number of rotatable bonds is 6. The van der Waals surface area contributed by atoms with Crippen molar-refractivity contribution in [3.05, 3.63) is 41.6 Å². The fourth-order valence-corrected chi connectivity index (χ4v) is 3.66. The Kier molecular flexibility index (Phi) is 5.06. The Hall–Kier alpha value is -1.75. The maximum absolute atomic E-state index is 12.2. The van der Waals surface area contributed by atoms with Crippen LogP contribution in [0.3, 0.4) is 0 Å². The van der Waals surface area contributed by atoms with Crippen LogP contribution in [0.4, 0.5) is 5.82 Å². The minimum atomic E-state index is 0.0148. The Bertz CT molecular complexity index is 693. The molecular formula is C18H23N3OS. The number of nitrogens with one attached hydrogen (secondary N) is 1. The van der Waals surface area contributed by atoms with E-state index in [9.17, 15) is 4.79 Å². The summed E-state index contributed by atoms with van der Waals surface area (Å²) < 4.78 is 1.85. The van der Waals surface area contributed by atoms with Crippen LogP contribution in [0.5, 0.6) is 0 Å². The van der Waals surface area contributed by atoms with Gasteiger partial charge in [0, 0.05) is 17.5 Å². The summed E-state index contributed by atoms with van der Waals surface area (Å²) in [6, 6.07) is 8.43. The predicted octanol–water partition coefficient (Wildman–Crippen LogP) is 3.76. The first kappa shape index (κ1) is 16.1. The summed E-state index contributed by atoms with van der Waals surface area (Å²) in [4.78, 5) is 13.4. The van der Waals surface area contributed by atoms with Gasteiger partial charge in [0.2, 0.25) is 5.91 Å². The Morgan fingerprint density at radius 3 is 2.96 bits per heavy atom. The van der Waals surface area contributed by atoms with E-state index in [2.05, 4.69) is 42.5 Å². The van der Waals surface area contributed by atoms with Crippen LogP contribution in [-0.2, 0) is 24.2 Å². The number of carbonyl (C=O) groups is 1. The maximum atomic E-state index is 12.2. The second kappa shape index (κ2) is 7.21. The van der Waals surface area contributed by atoms with E-state index in [1.165, 1.54) is 35.3 Å². The third-order valence-corrected chi connectivity index (χ3v) is 4.96. The second-order valence-corrected chi connectivity index (χ2v) is 7.46. The van der Waals surface area contributed by atoms with Gasteiger partial charge < -0.3 is 5.32 Å². The maximum Gasteiger partial charge on any atom is 0.235 e. The van der Waals surface area contributed by atoms with Crippen LogP contribution >= 0.6 is 11.8 Å². The molecule has 0 spiro atoms. The largest absolute Gasteiger partial charge is 0.310 e. The highest BCUT2D eigenvalue weighted by Crippen LogP contribution is 2.27. The molecule has 1 heterocycles. The monoisotopic (exact) mass is 329 g/mol. The first-order valence-corrected chi connectivity index (χ1v) is 9.16. The van der Waals surface area contributed by atoms with E-state index >= 15 is 0 Å². The summed E-state index contributed by atoms with van der Waals surface area (Å²) in [6.07, 6.45) is 5.35. The van der Waals surface area contributed by atoms with Gasteiger partial charge in [-0.15, -0.1) is 11.8 Å². The number of aromatic nitrogens is 2. The highest BCUT2D eigenvalue weighted by molar-refractivity contribution is 8.00. The molecule has 23 heavy (non-hydrogen) atoms. The molecule has 1 aliphatic carbocycles. The molecule has 0 saturated heterocycles. The Morgan fingerprint density at radius 2 is 2.13 bits per heavy atom. The topological polar surface area (TPSA) is 46.9 Å². The molecule has 0 unspecified atom stereocenters. The lowest BCUT2D eigenvalue weighted by Crippen LogP contribution is -2.18. The van der Waals surface area contributed by atoms with Gasteiger partial charge in [0.15, 0.2) is 0 Å². The van der Waals surface area contributed by atoms with Crippen molar-refractivity contribution >= 4 is 23.5 Å². The van der Waals surface area contributed by atoms with Crippen LogP contribution in [-0.4, -0.2) is 21.4 Å². The normalized spacial score (nSPS) is 13.3. The van der Waals surface area contributed by atoms with E-state index in [0.29, 0.717) is 11.7 Å². The zero-order valence-electron chi connectivity index (χ0n) is 13.7. The van der Waals surface area contributed by atoms with Crippen LogP contribution in [0.1, 0.15) is 31.4 Å². The number of carbonyl (C=O) groups excluding carboxylic acids is 1. The number of nitrogens with zero attached hydrogens (tertiary/aromatic N) is 2. The fourth-order valence-electron chi connectivity index (χ4n) is 2.90. The van der Waals surface area contributed by atoms with Gasteiger partial charge in [0.25, 0.3) is 0 Å². The van der Waals surface area contributed by atoms with Gasteiger partial charge in [-0.2, -0.15) is 5.10 Å². The van der Waals surface area contributed by atoms with Crippen molar-refractivity contribution in [3.63, 3.8) is 0 Å². The van der Waals surface area contributed by atoms with E-state index in [1.807, 2.05) is 10.7 Å². The van der Waals surface area contributed by atoms with E-state index in [-0.39, 0.29) is 5.91 Å². The molecule has 0 radical (unpaired) electrons. The van der Waals surface area contributed by atoms with Gasteiger partial charge >= 0.3 is 0 Å². The van der Waals surface area contributed by atoms with E-state index < -0.39 is 0 Å². The summed E-state index contributed by atoms with van der Waals surface area (Å²) in [5.74, 6) is 1.71. The molecule has 5 heteroatoms. The lowest BCUT2D eigenvalue weighted by atomic mass is 10.1. The van der Waals surface area contributed by atoms with Crippen molar-refractivity contribution in [2.45, 2.75) is 44.6 Å². The number of hydrogen-bond donors (Lipinski definition) is 1. The quantitative estimate of drug-likeness (QED) is 0.821. The first-order chi connectivity index (χ1) is 11.1. The molecule has 1 amide bonds. The molecule has 2 aromatic rings. The van der Waals surface area contributed by atoms with E-state index in [1.54, 1.807) is 18.0 Å². The Labute approximate surface area is 141 Å². The molecule has 0 atom stereocenters. The molecule has 0 saturated carbocycles. The molecule has 1 aromatic carbocycles. The lowest BCUT2D eigenvalue weighted by Gasteiger charge is -2.11. The van der Waals surface area contributed by atoms with Crippen molar-refractivity contribution in [3.8, 4) is 0 Å². The molecule has 0 aliphatic heterocycles. The highest BCUT2D eigenvalue weighted by Gasteiger charge is 2.12. The van der Waals surface area contributed by atoms with Crippen molar-refractivity contribution < 1.29 is 4.79 Å². The van der Waals surface area contributed by atoms with Gasteiger partial charge in [-0.1, -0.05) is 19.9 Å². The molecule has 1 N–H and O–H groups in total. The number of aryl methyl sites for hydroxylation is 2. The van der Waals surface area contributed by atoms with Crippen molar-refractivity contribution in [1.82, 2.24) is 9.78 Å². The number of anilines is 1. The molecule has 1 aliphatic rings. The molecule has 3 rings (SSSR count). The number of amides is 1. The highest BCUT2D eigenvalue weighted by atomic mass is 32.2. The zero-order valence-corrected chi connectivity index (χ0v) is 14.5. The Balaban J connectivity index is 1.55. The number of benzene rings is 1. The molecule has 0 fully saturated rings. The van der Waals surface area contributed by atoms with Crippen LogP contribution in [0.2, 0.25) is 0 Å². The average molecular weight is 329 g/mol. The van der Waals surface area contributed by atoms with Crippen molar-refractivity contribution in [2.24, 2.45) is 5.92 Å². The Morgan fingerprint density at radius 1 is 1.30 bits per heavy atom.